The molecule has 19 heavy (non-hydrogen) atoms. The van der Waals surface area contributed by atoms with Crippen molar-refractivity contribution >= 4 is 11.6 Å². The number of aromatic nitrogens is 1. The summed E-state index contributed by atoms with van der Waals surface area (Å²) < 4.78 is 0. The molecule has 0 bridgehead atoms. The Labute approximate surface area is 118 Å². The quantitative estimate of drug-likeness (QED) is 0.651. The lowest BCUT2D eigenvalue weighted by molar-refractivity contribution is 0.538. The second-order valence-corrected chi connectivity index (χ2v) is 4.87. The molecule has 0 radical (unpaired) electrons. The Balaban J connectivity index is 2.17. The molecule has 0 amide bonds. The molecule has 1 aromatic heterocycles. The maximum Gasteiger partial charge on any atom is 0.0775 e. The summed E-state index contributed by atoms with van der Waals surface area (Å²) in [6.07, 6.45) is 3.54. The van der Waals surface area contributed by atoms with Crippen LogP contribution in [0.2, 0.25) is 5.02 Å². The molecule has 4 heteroatoms. The normalized spacial score (nSPS) is 12.4. The largest absolute Gasteiger partial charge is 0.271 e. The first-order chi connectivity index (χ1) is 9.24. The lowest BCUT2D eigenvalue weighted by Crippen LogP contribution is -2.30. The second-order valence-electron chi connectivity index (χ2n) is 4.46. The lowest BCUT2D eigenvalue weighted by Gasteiger charge is -2.16. The van der Waals surface area contributed by atoms with Crippen molar-refractivity contribution in [1.82, 2.24) is 10.4 Å². The van der Waals surface area contributed by atoms with Gasteiger partial charge in [-0.25, -0.2) is 0 Å². The van der Waals surface area contributed by atoms with E-state index in [-0.39, 0.29) is 6.04 Å². The van der Waals surface area contributed by atoms with Crippen LogP contribution in [0.15, 0.2) is 42.6 Å². The van der Waals surface area contributed by atoms with E-state index in [0.717, 1.165) is 18.5 Å². The Kier molecular flexibility index (Phi) is 4.91. The summed E-state index contributed by atoms with van der Waals surface area (Å²) in [6.45, 7) is 2.15. The zero-order chi connectivity index (χ0) is 13.7. The van der Waals surface area contributed by atoms with E-state index in [4.69, 9.17) is 17.4 Å². The summed E-state index contributed by atoms with van der Waals surface area (Å²) in [7, 11) is 0. The van der Waals surface area contributed by atoms with Crippen molar-refractivity contribution in [1.29, 1.82) is 0 Å². The fourth-order valence-corrected chi connectivity index (χ4v) is 2.29. The summed E-state index contributed by atoms with van der Waals surface area (Å²) >= 11 is 6.15. The molecule has 1 atom stereocenters. The number of hydrazine groups is 1. The fraction of sp³-hybridized carbons (Fsp3) is 0.267. The first-order valence-corrected chi connectivity index (χ1v) is 6.76. The highest BCUT2D eigenvalue weighted by molar-refractivity contribution is 6.31. The van der Waals surface area contributed by atoms with Crippen molar-refractivity contribution < 1.29 is 0 Å². The number of halogens is 1. The van der Waals surface area contributed by atoms with E-state index in [1.54, 1.807) is 6.20 Å². The number of nitrogens with zero attached hydrogens (tertiary/aromatic N) is 1. The predicted octanol–water partition coefficient (Wildman–Crippen LogP) is 3.04. The number of aryl methyl sites for hydroxylation is 1. The summed E-state index contributed by atoms with van der Waals surface area (Å²) in [5, 5.41) is 0.635. The van der Waals surface area contributed by atoms with Crippen LogP contribution < -0.4 is 11.3 Å². The second kappa shape index (κ2) is 6.66. The Morgan fingerprint density at radius 1 is 1.21 bits per heavy atom. The Hall–Kier alpha value is -1.42. The molecule has 3 N–H and O–H groups in total. The lowest BCUT2D eigenvalue weighted by atomic mass is 10.0. The van der Waals surface area contributed by atoms with Gasteiger partial charge in [-0.2, -0.15) is 0 Å². The fourth-order valence-electron chi connectivity index (χ4n) is 2.04. The molecule has 1 aromatic carbocycles. The topological polar surface area (TPSA) is 50.9 Å². The van der Waals surface area contributed by atoms with Gasteiger partial charge in [0.25, 0.3) is 0 Å². The van der Waals surface area contributed by atoms with Gasteiger partial charge in [0.1, 0.15) is 0 Å². The number of nitrogens with two attached hydrogens (primary N) is 1. The third kappa shape index (κ3) is 3.53. The Bertz CT molecular complexity index is 525. The summed E-state index contributed by atoms with van der Waals surface area (Å²) in [4.78, 5) is 4.30. The Morgan fingerprint density at radius 3 is 2.47 bits per heavy atom. The molecule has 100 valence electrons. The molecular formula is C15H18ClN3. The number of hydrogen-bond donors (Lipinski definition) is 2. The monoisotopic (exact) mass is 275 g/mol. The van der Waals surface area contributed by atoms with Crippen molar-refractivity contribution in [2.24, 2.45) is 5.84 Å². The molecule has 2 aromatic rings. The van der Waals surface area contributed by atoms with Gasteiger partial charge in [-0.1, -0.05) is 42.8 Å². The number of hydrogen-bond acceptors (Lipinski definition) is 3. The average molecular weight is 276 g/mol. The van der Waals surface area contributed by atoms with Gasteiger partial charge >= 0.3 is 0 Å². The first kappa shape index (κ1) is 14.0. The van der Waals surface area contributed by atoms with Crippen LogP contribution in [0.3, 0.4) is 0 Å². The molecule has 1 unspecified atom stereocenters. The van der Waals surface area contributed by atoms with Crippen molar-refractivity contribution in [3.8, 4) is 0 Å². The van der Waals surface area contributed by atoms with Gasteiger partial charge in [-0.3, -0.25) is 16.3 Å². The molecule has 2 rings (SSSR count). The van der Waals surface area contributed by atoms with Gasteiger partial charge in [0.05, 0.1) is 16.8 Å². The number of pyridine rings is 1. The van der Waals surface area contributed by atoms with Crippen LogP contribution in [0.25, 0.3) is 0 Å². The summed E-state index contributed by atoms with van der Waals surface area (Å²) in [5.74, 6) is 5.63. The van der Waals surface area contributed by atoms with Crippen LogP contribution in [0.4, 0.5) is 0 Å². The minimum Gasteiger partial charge on any atom is -0.271 e. The van der Waals surface area contributed by atoms with Gasteiger partial charge in [0.15, 0.2) is 0 Å². The average Bonchev–Trinajstić information content (AvgIpc) is 2.46. The number of benzene rings is 1. The van der Waals surface area contributed by atoms with Crippen LogP contribution in [0.1, 0.15) is 29.8 Å². The van der Waals surface area contributed by atoms with E-state index in [2.05, 4.69) is 41.6 Å². The summed E-state index contributed by atoms with van der Waals surface area (Å²) in [5.41, 5.74) is 6.11. The predicted molar refractivity (Wildman–Crippen MR) is 78.8 cm³/mol. The highest BCUT2D eigenvalue weighted by atomic mass is 35.5. The smallest absolute Gasteiger partial charge is 0.0775 e. The molecule has 0 aliphatic rings. The maximum absolute atomic E-state index is 6.15. The van der Waals surface area contributed by atoms with Crippen LogP contribution in [-0.2, 0) is 12.8 Å². The van der Waals surface area contributed by atoms with Gasteiger partial charge in [-0.05, 0) is 36.1 Å². The van der Waals surface area contributed by atoms with Crippen LogP contribution in [-0.4, -0.2) is 4.98 Å². The van der Waals surface area contributed by atoms with E-state index in [1.807, 2.05) is 12.1 Å². The third-order valence-electron chi connectivity index (χ3n) is 3.19. The van der Waals surface area contributed by atoms with Crippen LogP contribution >= 0.6 is 11.6 Å². The highest BCUT2D eigenvalue weighted by Crippen LogP contribution is 2.23. The molecule has 0 fully saturated rings. The highest BCUT2D eigenvalue weighted by Gasteiger charge is 2.15. The maximum atomic E-state index is 6.15. The third-order valence-corrected chi connectivity index (χ3v) is 3.51. The zero-order valence-corrected chi connectivity index (χ0v) is 11.7. The molecule has 0 saturated carbocycles. The first-order valence-electron chi connectivity index (χ1n) is 6.39. The molecule has 1 heterocycles. The minimum absolute atomic E-state index is 0.0822. The van der Waals surface area contributed by atoms with E-state index in [0.29, 0.717) is 5.02 Å². The van der Waals surface area contributed by atoms with E-state index in [9.17, 15) is 0 Å². The summed E-state index contributed by atoms with van der Waals surface area (Å²) in [6, 6.07) is 12.1. The Morgan fingerprint density at radius 2 is 1.89 bits per heavy atom. The van der Waals surface area contributed by atoms with Crippen molar-refractivity contribution in [3.05, 3.63) is 64.4 Å². The van der Waals surface area contributed by atoms with Gasteiger partial charge < -0.3 is 0 Å². The van der Waals surface area contributed by atoms with Gasteiger partial charge in [0, 0.05) is 6.20 Å². The molecule has 0 spiro atoms. The molecule has 0 aliphatic carbocycles. The van der Waals surface area contributed by atoms with Crippen molar-refractivity contribution in [2.45, 2.75) is 25.8 Å². The molecular weight excluding hydrogens is 258 g/mol. The van der Waals surface area contributed by atoms with Crippen molar-refractivity contribution in [3.63, 3.8) is 0 Å². The minimum atomic E-state index is -0.0822. The van der Waals surface area contributed by atoms with E-state index < -0.39 is 0 Å². The van der Waals surface area contributed by atoms with Crippen molar-refractivity contribution in [2.75, 3.05) is 0 Å². The number of rotatable bonds is 5. The standard InChI is InChI=1S/C15H18ClN3/c1-2-11-5-7-12(8-6-11)10-14(19-17)15-13(16)4-3-9-18-15/h3-9,14,19H,2,10,17H2,1H3. The SMILES string of the molecule is CCc1ccc(CC(NN)c2ncccc2Cl)cc1. The van der Waals surface area contributed by atoms with Gasteiger partial charge in [-0.15, -0.1) is 0 Å². The van der Waals surface area contributed by atoms with Crippen LogP contribution in [0.5, 0.6) is 0 Å². The van der Waals surface area contributed by atoms with Crippen LogP contribution in [0, 0.1) is 0 Å². The molecule has 0 saturated heterocycles. The van der Waals surface area contributed by atoms with Gasteiger partial charge in [0.2, 0.25) is 0 Å². The number of nitrogens with one attached hydrogen (secondary N) is 1. The zero-order valence-electron chi connectivity index (χ0n) is 10.9. The molecule has 3 nitrogen and oxygen atoms in total. The van der Waals surface area contributed by atoms with E-state index in [1.165, 1.54) is 11.1 Å². The van der Waals surface area contributed by atoms with E-state index >= 15 is 0 Å². The molecule has 0 aliphatic heterocycles.